The molecule has 1 aromatic heterocycles. The number of nitrogens with two attached hydrogens (primary N) is 1. The number of rotatable bonds is 5. The van der Waals surface area contributed by atoms with E-state index in [1.54, 1.807) is 6.07 Å². The van der Waals surface area contributed by atoms with E-state index in [1.165, 1.54) is 6.07 Å². The van der Waals surface area contributed by atoms with E-state index >= 15 is 0 Å². The third-order valence-electron chi connectivity index (χ3n) is 7.28. The van der Waals surface area contributed by atoms with Crippen molar-refractivity contribution in [3.63, 3.8) is 0 Å². The smallest absolute Gasteiger partial charge is 0.213 e. The third-order valence-corrected chi connectivity index (χ3v) is 7.96. The molecule has 166 valence electrons. The van der Waals surface area contributed by atoms with E-state index in [-0.39, 0.29) is 23.5 Å². The van der Waals surface area contributed by atoms with Crippen LogP contribution in [0.1, 0.15) is 48.5 Å². The van der Waals surface area contributed by atoms with E-state index in [0.29, 0.717) is 6.54 Å². The summed E-state index contributed by atoms with van der Waals surface area (Å²) in [7, 11) is 0. The first kappa shape index (κ1) is 21.8. The van der Waals surface area contributed by atoms with Crippen molar-refractivity contribution in [2.45, 2.75) is 49.2 Å². The van der Waals surface area contributed by atoms with Crippen LogP contribution in [0.25, 0.3) is 0 Å². The van der Waals surface area contributed by atoms with Gasteiger partial charge in [-0.3, -0.25) is 4.90 Å². The lowest BCUT2D eigenvalue weighted by Gasteiger charge is -2.49. The highest BCUT2D eigenvalue weighted by molar-refractivity contribution is 6.32. The van der Waals surface area contributed by atoms with Gasteiger partial charge >= 0.3 is 0 Å². The first-order valence-corrected chi connectivity index (χ1v) is 11.9. The predicted molar refractivity (Wildman–Crippen MR) is 128 cm³/mol. The normalized spacial score (nSPS) is 25.4. The Kier molecular flexibility index (Phi) is 5.98. The lowest BCUT2D eigenvalue weighted by atomic mass is 9.71. The minimum absolute atomic E-state index is 0.0499. The molecule has 2 N–H and O–H groups in total. The number of benzene rings is 2. The second kappa shape index (κ2) is 8.75. The van der Waals surface area contributed by atoms with Crippen LogP contribution < -0.4 is 5.73 Å². The summed E-state index contributed by atoms with van der Waals surface area (Å²) in [5.74, 6) is -0.449. The summed E-state index contributed by atoms with van der Waals surface area (Å²) in [5.41, 5.74) is 8.90. The maximum atomic E-state index is 14.0. The van der Waals surface area contributed by atoms with Crippen molar-refractivity contribution in [2.24, 2.45) is 5.73 Å². The molecule has 0 spiro atoms. The van der Waals surface area contributed by atoms with Crippen molar-refractivity contribution in [1.82, 2.24) is 9.88 Å². The second-order valence-electron chi connectivity index (χ2n) is 9.02. The average Bonchev–Trinajstić information content (AvgIpc) is 3.06. The fourth-order valence-corrected chi connectivity index (χ4v) is 6.35. The Morgan fingerprint density at radius 1 is 0.906 bits per heavy atom. The number of hydrogen-bond donors (Lipinski definition) is 1. The van der Waals surface area contributed by atoms with E-state index in [2.05, 4.69) is 22.0 Å². The molecule has 5 rings (SSSR count). The minimum atomic E-state index is -0.449. The number of hydrogen-bond acceptors (Lipinski definition) is 3. The highest BCUT2D eigenvalue weighted by atomic mass is 35.5. The second-order valence-corrected chi connectivity index (χ2v) is 9.83. The van der Waals surface area contributed by atoms with Crippen LogP contribution in [0, 0.1) is 5.95 Å². The number of aromatic nitrogens is 1. The quantitative estimate of drug-likeness (QED) is 0.456. The molecule has 3 atom stereocenters. The van der Waals surface area contributed by atoms with Gasteiger partial charge < -0.3 is 5.73 Å². The minimum Gasteiger partial charge on any atom is -0.330 e. The molecular formula is C26H26Cl2FN3. The van der Waals surface area contributed by atoms with Gasteiger partial charge in [-0.1, -0.05) is 65.7 Å². The van der Waals surface area contributed by atoms with Crippen LogP contribution >= 0.6 is 23.2 Å². The van der Waals surface area contributed by atoms with Gasteiger partial charge in [0, 0.05) is 34.1 Å². The van der Waals surface area contributed by atoms with Crippen molar-refractivity contribution in [2.75, 3.05) is 6.54 Å². The zero-order valence-electron chi connectivity index (χ0n) is 17.7. The molecule has 2 aromatic carbocycles. The molecule has 2 fully saturated rings. The topological polar surface area (TPSA) is 42.1 Å². The van der Waals surface area contributed by atoms with E-state index in [9.17, 15) is 4.39 Å². The summed E-state index contributed by atoms with van der Waals surface area (Å²) in [6.45, 7) is 0.452. The van der Waals surface area contributed by atoms with E-state index in [4.69, 9.17) is 28.9 Å². The Bertz CT molecular complexity index is 1060. The van der Waals surface area contributed by atoms with Gasteiger partial charge in [-0.25, -0.2) is 4.98 Å². The van der Waals surface area contributed by atoms with Crippen molar-refractivity contribution in [1.29, 1.82) is 0 Å². The lowest BCUT2D eigenvalue weighted by molar-refractivity contribution is 0.0584. The van der Waals surface area contributed by atoms with E-state index in [0.717, 1.165) is 52.5 Å². The van der Waals surface area contributed by atoms with Gasteiger partial charge in [0.05, 0.1) is 11.7 Å². The van der Waals surface area contributed by atoms with Gasteiger partial charge in [0.1, 0.15) is 0 Å². The van der Waals surface area contributed by atoms with Crippen molar-refractivity contribution in [3.8, 4) is 0 Å². The van der Waals surface area contributed by atoms with Crippen molar-refractivity contribution in [3.05, 3.63) is 99.5 Å². The van der Waals surface area contributed by atoms with Gasteiger partial charge in [-0.15, -0.1) is 0 Å². The lowest BCUT2D eigenvalue weighted by Crippen LogP contribution is -2.54. The predicted octanol–water partition coefficient (Wildman–Crippen LogP) is 6.14. The maximum Gasteiger partial charge on any atom is 0.213 e. The van der Waals surface area contributed by atoms with Gasteiger partial charge in [-0.2, -0.15) is 4.39 Å². The number of piperidine rings is 1. The number of pyridine rings is 1. The van der Waals surface area contributed by atoms with Crippen LogP contribution in [0.15, 0.2) is 66.7 Å². The molecule has 0 aliphatic carbocycles. The van der Waals surface area contributed by atoms with Gasteiger partial charge in [0.2, 0.25) is 5.95 Å². The highest BCUT2D eigenvalue weighted by Gasteiger charge is 2.52. The van der Waals surface area contributed by atoms with E-state index in [1.807, 2.05) is 42.5 Å². The molecule has 3 nitrogen and oxygen atoms in total. The zero-order chi connectivity index (χ0) is 22.3. The van der Waals surface area contributed by atoms with Crippen LogP contribution in [-0.2, 0) is 5.41 Å². The van der Waals surface area contributed by atoms with Crippen LogP contribution in [0.2, 0.25) is 10.0 Å². The molecule has 0 radical (unpaired) electrons. The molecule has 2 aliphatic heterocycles. The Morgan fingerprint density at radius 2 is 1.47 bits per heavy atom. The molecule has 3 aromatic rings. The van der Waals surface area contributed by atoms with Gasteiger partial charge in [0.15, 0.2) is 0 Å². The molecular weight excluding hydrogens is 444 g/mol. The Morgan fingerprint density at radius 3 is 1.97 bits per heavy atom. The van der Waals surface area contributed by atoms with E-state index < -0.39 is 5.95 Å². The van der Waals surface area contributed by atoms with Crippen LogP contribution in [0.5, 0.6) is 0 Å². The third kappa shape index (κ3) is 3.73. The number of halogens is 3. The van der Waals surface area contributed by atoms with Crippen LogP contribution in [0.3, 0.4) is 0 Å². The number of nitrogens with zero attached hydrogens (tertiary/aromatic N) is 2. The summed E-state index contributed by atoms with van der Waals surface area (Å²) in [6.07, 6.45) is 3.80. The molecule has 2 saturated heterocycles. The van der Waals surface area contributed by atoms with Gasteiger partial charge in [-0.05, 0) is 61.1 Å². The van der Waals surface area contributed by atoms with Crippen LogP contribution in [0.4, 0.5) is 4.39 Å². The molecule has 0 amide bonds. The fourth-order valence-electron chi connectivity index (χ4n) is 5.87. The average molecular weight is 470 g/mol. The maximum absolute atomic E-state index is 14.0. The fraction of sp³-hybridized carbons (Fsp3) is 0.346. The van der Waals surface area contributed by atoms with Crippen molar-refractivity contribution >= 4 is 23.2 Å². The van der Waals surface area contributed by atoms with Crippen LogP contribution in [-0.4, -0.2) is 28.5 Å². The summed E-state index contributed by atoms with van der Waals surface area (Å²) < 4.78 is 14.0. The van der Waals surface area contributed by atoms with Gasteiger partial charge in [0.25, 0.3) is 0 Å². The van der Waals surface area contributed by atoms with Crippen molar-refractivity contribution < 1.29 is 4.39 Å². The first-order chi connectivity index (χ1) is 15.5. The molecule has 2 aliphatic rings. The Hall–Kier alpha value is -1.98. The molecule has 6 heteroatoms. The first-order valence-electron chi connectivity index (χ1n) is 11.1. The Balaban J connectivity index is 1.58. The summed E-state index contributed by atoms with van der Waals surface area (Å²) in [5, 5.41) is 1.47. The molecule has 1 unspecified atom stereocenters. The summed E-state index contributed by atoms with van der Waals surface area (Å²) in [4.78, 5) is 6.82. The number of fused-ring (bicyclic) bond motifs is 2. The molecule has 32 heavy (non-hydrogen) atoms. The molecule has 2 bridgehead atoms. The Labute approximate surface area is 198 Å². The molecule has 0 saturated carbocycles. The highest BCUT2D eigenvalue weighted by Crippen LogP contribution is 2.52. The summed E-state index contributed by atoms with van der Waals surface area (Å²) in [6, 6.07) is 21.6. The standard InChI is InChI=1S/C26H26Cl2FN3/c27-21-8-3-1-6-19(21)25(20-7-2-4-9-22(20)28)32-17-12-13-18(32)15-26(14-17,16-30)23-10-5-11-24(29)31-23/h1-11,17-18,25H,12-16,30H2/t17-,18+,26?. The zero-order valence-corrected chi connectivity index (χ0v) is 19.2. The summed E-state index contributed by atoms with van der Waals surface area (Å²) >= 11 is 13.4. The largest absolute Gasteiger partial charge is 0.330 e. The SMILES string of the molecule is NCC1(c2cccc(F)n2)C[C@H]2CC[C@@H](C1)N2C(c1ccccc1Cl)c1ccccc1Cl. The monoisotopic (exact) mass is 469 g/mol. The molecule has 3 heterocycles.